The average Bonchev–Trinajstić information content (AvgIpc) is 3.53. The Kier molecular flexibility index (Phi) is 9.21. The molecule has 3 aromatic heterocycles. The molecule has 2 amide bonds. The lowest BCUT2D eigenvalue weighted by Crippen LogP contribution is -2.41. The SMILES string of the molecule is N#CCOc1ccc(-c2cnc3c(Nc4ccc(C(=O)N5CCC(CNC(=O)c6ccncc6)CC5)c(Cl)c4)nccn23)c(F)c1F. The second-order valence-corrected chi connectivity index (χ2v) is 11.2. The van der Waals surface area contributed by atoms with Crippen LogP contribution in [0.4, 0.5) is 20.3 Å². The zero-order valence-electron chi connectivity index (χ0n) is 24.8. The third-order valence-electron chi connectivity index (χ3n) is 7.90. The van der Waals surface area contributed by atoms with Crippen LogP contribution in [0, 0.1) is 28.9 Å². The maximum Gasteiger partial charge on any atom is 0.255 e. The molecule has 0 saturated carbocycles. The van der Waals surface area contributed by atoms with Gasteiger partial charge in [-0.2, -0.15) is 9.65 Å². The number of benzene rings is 2. The van der Waals surface area contributed by atoms with E-state index in [0.717, 1.165) is 12.8 Å². The molecule has 5 aromatic rings. The van der Waals surface area contributed by atoms with Crippen molar-refractivity contribution in [3.63, 3.8) is 0 Å². The van der Waals surface area contributed by atoms with Gasteiger partial charge in [0.1, 0.15) is 6.07 Å². The van der Waals surface area contributed by atoms with Crippen LogP contribution in [0.15, 0.2) is 73.4 Å². The molecular weight excluding hydrogens is 630 g/mol. The van der Waals surface area contributed by atoms with Gasteiger partial charge in [-0.1, -0.05) is 11.6 Å². The van der Waals surface area contributed by atoms with Gasteiger partial charge in [0.05, 0.1) is 22.5 Å². The minimum Gasteiger partial charge on any atom is -0.476 e. The molecule has 0 aliphatic carbocycles. The van der Waals surface area contributed by atoms with Crippen LogP contribution in [0.3, 0.4) is 0 Å². The van der Waals surface area contributed by atoms with Gasteiger partial charge < -0.3 is 20.3 Å². The van der Waals surface area contributed by atoms with Crippen molar-refractivity contribution in [3.05, 3.63) is 101 Å². The molecule has 1 aliphatic heterocycles. The van der Waals surface area contributed by atoms with E-state index in [2.05, 4.69) is 25.6 Å². The number of halogens is 3. The minimum atomic E-state index is -1.21. The molecule has 47 heavy (non-hydrogen) atoms. The molecule has 0 bridgehead atoms. The largest absolute Gasteiger partial charge is 0.476 e. The molecule has 0 atom stereocenters. The standard InChI is InChI=1S/C33H27ClF2N8O3/c34-25-17-22(1-2-23(25)33(46)43-13-7-20(8-14-43)18-41-32(45)21-5-10-38-11-6-21)42-30-31-40-19-26(44(31)15-12-39-30)24-3-4-27(47-16-9-37)29(36)28(24)35/h1-6,10-12,15,17,19-20H,7-8,13-14,16,18H2,(H,39,42)(H,41,45). The number of nitrogens with one attached hydrogen (secondary N) is 2. The van der Waals surface area contributed by atoms with E-state index in [-0.39, 0.29) is 39.8 Å². The van der Waals surface area contributed by atoms with Crippen LogP contribution in [0.25, 0.3) is 16.9 Å². The van der Waals surface area contributed by atoms with Crippen LogP contribution >= 0.6 is 11.6 Å². The monoisotopic (exact) mass is 656 g/mol. The highest BCUT2D eigenvalue weighted by Gasteiger charge is 2.26. The topological polar surface area (TPSA) is 138 Å². The van der Waals surface area contributed by atoms with Crippen LogP contribution in [0.5, 0.6) is 5.75 Å². The van der Waals surface area contributed by atoms with Crippen molar-refractivity contribution in [2.75, 3.05) is 31.6 Å². The van der Waals surface area contributed by atoms with Crippen LogP contribution in [-0.2, 0) is 0 Å². The number of imidazole rings is 1. The molecule has 0 unspecified atom stereocenters. The Labute approximate surface area is 272 Å². The summed E-state index contributed by atoms with van der Waals surface area (Å²) in [6, 6.07) is 12.6. The zero-order valence-corrected chi connectivity index (χ0v) is 25.5. The Balaban J connectivity index is 1.10. The van der Waals surface area contributed by atoms with E-state index < -0.39 is 18.2 Å². The first-order valence-electron chi connectivity index (χ1n) is 14.7. The van der Waals surface area contributed by atoms with Crippen LogP contribution in [-0.4, -0.2) is 62.3 Å². The lowest BCUT2D eigenvalue weighted by Gasteiger charge is -2.32. The van der Waals surface area contributed by atoms with Crippen LogP contribution in [0.2, 0.25) is 5.02 Å². The second-order valence-electron chi connectivity index (χ2n) is 10.8. The smallest absolute Gasteiger partial charge is 0.255 e. The number of anilines is 2. The fraction of sp³-hybridized carbons (Fsp3) is 0.212. The predicted octanol–water partition coefficient (Wildman–Crippen LogP) is 5.65. The highest BCUT2D eigenvalue weighted by molar-refractivity contribution is 6.34. The van der Waals surface area contributed by atoms with Crippen molar-refractivity contribution < 1.29 is 23.1 Å². The van der Waals surface area contributed by atoms with Crippen molar-refractivity contribution in [3.8, 4) is 23.1 Å². The van der Waals surface area contributed by atoms with Gasteiger partial charge in [-0.3, -0.25) is 19.0 Å². The second kappa shape index (κ2) is 13.8. The Morgan fingerprint density at radius 3 is 2.57 bits per heavy atom. The first kappa shape index (κ1) is 31.4. The number of ether oxygens (including phenoxy) is 1. The van der Waals surface area contributed by atoms with Gasteiger partial charge in [0.15, 0.2) is 29.6 Å². The predicted molar refractivity (Wildman–Crippen MR) is 169 cm³/mol. The number of hydrogen-bond acceptors (Lipinski definition) is 8. The summed E-state index contributed by atoms with van der Waals surface area (Å²) in [4.78, 5) is 40.1. The lowest BCUT2D eigenvalue weighted by molar-refractivity contribution is 0.0684. The minimum absolute atomic E-state index is 0.0545. The molecule has 14 heteroatoms. The highest BCUT2D eigenvalue weighted by Crippen LogP contribution is 2.32. The van der Waals surface area contributed by atoms with Crippen LogP contribution < -0.4 is 15.4 Å². The summed E-state index contributed by atoms with van der Waals surface area (Å²) in [5, 5.41) is 15.0. The maximum absolute atomic E-state index is 15.0. The fourth-order valence-electron chi connectivity index (χ4n) is 5.41. The van der Waals surface area contributed by atoms with Crippen LogP contribution in [0.1, 0.15) is 33.6 Å². The van der Waals surface area contributed by atoms with Gasteiger partial charge in [-0.15, -0.1) is 0 Å². The summed E-state index contributed by atoms with van der Waals surface area (Å²) >= 11 is 6.57. The van der Waals surface area contributed by atoms with E-state index in [4.69, 9.17) is 21.6 Å². The molecule has 2 N–H and O–H groups in total. The van der Waals surface area contributed by atoms with Crippen molar-refractivity contribution in [2.24, 2.45) is 5.92 Å². The van der Waals surface area contributed by atoms with Gasteiger partial charge in [0.2, 0.25) is 5.82 Å². The number of nitriles is 1. The van der Waals surface area contributed by atoms with E-state index in [1.165, 1.54) is 24.5 Å². The van der Waals surface area contributed by atoms with Gasteiger partial charge in [-0.05, 0) is 61.2 Å². The number of carbonyl (C=O) groups excluding carboxylic acids is 2. The summed E-state index contributed by atoms with van der Waals surface area (Å²) < 4.78 is 36.1. The third kappa shape index (κ3) is 6.68. The summed E-state index contributed by atoms with van der Waals surface area (Å²) in [7, 11) is 0. The Morgan fingerprint density at radius 2 is 1.83 bits per heavy atom. The molecule has 238 valence electrons. The van der Waals surface area contributed by atoms with E-state index in [0.29, 0.717) is 47.9 Å². The summed E-state index contributed by atoms with van der Waals surface area (Å²) in [5.41, 5.74) is 2.00. The summed E-state index contributed by atoms with van der Waals surface area (Å²) in [6.45, 7) is 1.19. The normalized spacial score (nSPS) is 13.3. The molecule has 2 aromatic carbocycles. The number of likely N-dealkylation sites (tertiary alicyclic amines) is 1. The molecule has 6 rings (SSSR count). The molecule has 1 aliphatic rings. The Bertz CT molecular complexity index is 1990. The number of fused-ring (bicyclic) bond motifs is 1. The average molecular weight is 657 g/mol. The lowest BCUT2D eigenvalue weighted by atomic mass is 9.96. The summed E-state index contributed by atoms with van der Waals surface area (Å²) in [5.74, 6) is -2.47. The van der Waals surface area contributed by atoms with E-state index >= 15 is 0 Å². The Hall–Kier alpha value is -5.61. The molecule has 0 spiro atoms. The van der Waals surface area contributed by atoms with E-state index in [1.807, 2.05) is 0 Å². The first-order valence-corrected chi connectivity index (χ1v) is 15.1. The van der Waals surface area contributed by atoms with Gasteiger partial charge >= 0.3 is 0 Å². The number of nitrogens with zero attached hydrogens (tertiary/aromatic N) is 6. The number of rotatable bonds is 9. The number of aromatic nitrogens is 4. The van der Waals surface area contributed by atoms with E-state index in [9.17, 15) is 18.4 Å². The molecule has 4 heterocycles. The molecule has 1 fully saturated rings. The number of carbonyl (C=O) groups is 2. The number of hydrogen-bond donors (Lipinski definition) is 2. The van der Waals surface area contributed by atoms with Crippen molar-refractivity contribution in [2.45, 2.75) is 12.8 Å². The fourth-order valence-corrected chi connectivity index (χ4v) is 5.68. The van der Waals surface area contributed by atoms with Crippen molar-refractivity contribution in [1.29, 1.82) is 5.26 Å². The molecular formula is C33H27ClF2N8O3. The highest BCUT2D eigenvalue weighted by atomic mass is 35.5. The third-order valence-corrected chi connectivity index (χ3v) is 8.21. The number of piperidine rings is 1. The maximum atomic E-state index is 15.0. The number of pyridine rings is 1. The molecule has 1 saturated heterocycles. The summed E-state index contributed by atoms with van der Waals surface area (Å²) in [6.07, 6.45) is 9.08. The zero-order chi connectivity index (χ0) is 32.9. The quantitative estimate of drug-likeness (QED) is 0.208. The van der Waals surface area contributed by atoms with Crippen molar-refractivity contribution >= 4 is 40.6 Å². The Morgan fingerprint density at radius 1 is 1.04 bits per heavy atom. The first-order chi connectivity index (χ1) is 22.8. The molecule has 11 nitrogen and oxygen atoms in total. The van der Waals surface area contributed by atoms with Gasteiger partial charge in [0, 0.05) is 61.2 Å². The van der Waals surface area contributed by atoms with Gasteiger partial charge in [-0.25, -0.2) is 14.4 Å². The molecule has 0 radical (unpaired) electrons. The van der Waals surface area contributed by atoms with Crippen molar-refractivity contribution in [1.82, 2.24) is 29.6 Å². The number of amides is 2. The van der Waals surface area contributed by atoms with Gasteiger partial charge in [0.25, 0.3) is 11.8 Å². The van der Waals surface area contributed by atoms with E-state index in [1.54, 1.807) is 64.3 Å².